The summed E-state index contributed by atoms with van der Waals surface area (Å²) in [7, 11) is 3.15. The van der Waals surface area contributed by atoms with E-state index in [9.17, 15) is 24.9 Å². The Bertz CT molecular complexity index is 2110. The number of rotatable bonds is 6. The number of allylic oxidation sites excluding steroid dienone is 5. The quantitative estimate of drug-likeness (QED) is 0.126. The number of carbonyl (C=O) groups excluding carboxylic acids is 2. The van der Waals surface area contributed by atoms with Crippen molar-refractivity contribution >= 4 is 28.2 Å². The van der Waals surface area contributed by atoms with Crippen LogP contribution in [0.1, 0.15) is 138 Å². The number of phenolic OH excluding ortho intramolecular Hbond substituents is 2. The van der Waals surface area contributed by atoms with E-state index < -0.39 is 23.1 Å². The van der Waals surface area contributed by atoms with Crippen LogP contribution in [-0.2, 0) is 14.3 Å². The number of methoxy groups -OCH3 is 2. The van der Waals surface area contributed by atoms with Crippen LogP contribution in [0.3, 0.4) is 0 Å². The first kappa shape index (κ1) is 53.2. The Labute approximate surface area is 377 Å². The minimum Gasteiger partial charge on any atom is -0.507 e. The molecule has 0 aliphatic carbocycles. The summed E-state index contributed by atoms with van der Waals surface area (Å²) in [6, 6.07) is 0. The van der Waals surface area contributed by atoms with E-state index in [2.05, 4.69) is 51.8 Å². The van der Waals surface area contributed by atoms with Gasteiger partial charge in [-0.3, -0.25) is 19.6 Å². The first-order chi connectivity index (χ1) is 29.7. The molecule has 2 bridgehead atoms. The first-order valence-corrected chi connectivity index (χ1v) is 23.3. The van der Waals surface area contributed by atoms with Gasteiger partial charge >= 0.3 is 0 Å². The number of anilines is 1. The number of likely N-dealkylation sites (tertiary alicyclic amines) is 1. The Balaban J connectivity index is 0.00000256. The van der Waals surface area contributed by atoms with Gasteiger partial charge in [-0.1, -0.05) is 99.6 Å². The second kappa shape index (κ2) is 23.2. The number of aromatic hydroxyl groups is 2. The average molecular weight is 877 g/mol. The third-order valence-corrected chi connectivity index (χ3v) is 12.2. The van der Waals surface area contributed by atoms with Crippen molar-refractivity contribution in [2.45, 2.75) is 153 Å². The molecule has 4 N–H and O–H groups in total. The van der Waals surface area contributed by atoms with Crippen molar-refractivity contribution in [3.63, 3.8) is 0 Å². The molecular formula is C51H80N4O8. The van der Waals surface area contributed by atoms with Crippen LogP contribution in [0.2, 0.25) is 0 Å². The fraction of sp³-hybridized carbons (Fsp3) is 0.647. The fourth-order valence-corrected chi connectivity index (χ4v) is 9.35. The topological polar surface area (TPSA) is 163 Å². The Hall–Kier alpha value is -4.10. The zero-order valence-electron chi connectivity index (χ0n) is 41.3. The summed E-state index contributed by atoms with van der Waals surface area (Å²) in [4.78, 5) is 41.3. The van der Waals surface area contributed by atoms with Gasteiger partial charge in [0.15, 0.2) is 23.0 Å². The molecule has 3 aliphatic rings. The number of hydrogen-bond acceptors (Lipinski definition) is 11. The number of benzene rings is 2. The van der Waals surface area contributed by atoms with Gasteiger partial charge < -0.3 is 39.7 Å². The summed E-state index contributed by atoms with van der Waals surface area (Å²) in [5, 5.41) is 38.5. The number of hydrogen-bond donors (Lipinski definition) is 4. The highest BCUT2D eigenvalue weighted by molar-refractivity contribution is 6.16. The van der Waals surface area contributed by atoms with Crippen molar-refractivity contribution in [2.24, 2.45) is 39.6 Å². The predicted molar refractivity (Wildman–Crippen MR) is 254 cm³/mol. The van der Waals surface area contributed by atoms with Crippen LogP contribution >= 0.6 is 0 Å². The lowest BCUT2D eigenvalue weighted by Crippen LogP contribution is -2.44. The number of amides is 1. The number of Topliss-reactive ketones (excluding diaryl/α,β-unsaturated/α-hetero) is 1. The molecule has 0 saturated carbocycles. The van der Waals surface area contributed by atoms with E-state index in [1.165, 1.54) is 7.11 Å². The molecule has 0 unspecified atom stereocenters. The van der Waals surface area contributed by atoms with Crippen LogP contribution in [0.4, 0.5) is 5.69 Å². The minimum atomic E-state index is -1.36. The summed E-state index contributed by atoms with van der Waals surface area (Å²) < 4.78 is 18.3. The molecule has 5 rings (SSSR count). The van der Waals surface area contributed by atoms with Crippen LogP contribution in [0, 0.1) is 36.5 Å². The van der Waals surface area contributed by atoms with Gasteiger partial charge in [0.2, 0.25) is 0 Å². The van der Waals surface area contributed by atoms with E-state index in [0.29, 0.717) is 36.1 Å². The zero-order valence-corrected chi connectivity index (χ0v) is 41.3. The molecule has 2 aromatic carbocycles. The molecule has 1 fully saturated rings. The standard InChI is InChI=1S/C47H68N4O8.2C2H6/c1-26(2)25-51-22-20-47(21-23-51)49-37-35-34-33(52)19-14-13-17-28(4)42(57-11)32(8)43(59-46(9,10)56)30(6)24-27(3)16-15-18-29(5)45(55)48-39(38(37)50-47)41(54)36(35)40(53)31(7)44(34)58-12;2*1-2/h13-16,18,26-28,30,32,42-43,53-54,56H,17,19-25H2,1-12H3,(H,48,55);2*1-2H3/b14-13+,16-15+,29-18-;;/t27-,28+,30+,32-,42+,43+;;/m0../s1. The van der Waals surface area contributed by atoms with E-state index in [-0.39, 0.29) is 92.5 Å². The van der Waals surface area contributed by atoms with Gasteiger partial charge in [0, 0.05) is 68.4 Å². The summed E-state index contributed by atoms with van der Waals surface area (Å²) in [6.07, 6.45) is 11.5. The third kappa shape index (κ3) is 12.6. The lowest BCUT2D eigenvalue weighted by Gasteiger charge is -2.39. The molecule has 1 saturated heterocycles. The molecule has 6 atom stereocenters. The maximum Gasteiger partial charge on any atom is 0.251 e. The van der Waals surface area contributed by atoms with E-state index >= 15 is 0 Å². The molecule has 63 heavy (non-hydrogen) atoms. The fourth-order valence-electron chi connectivity index (χ4n) is 9.35. The Morgan fingerprint density at radius 2 is 1.52 bits per heavy atom. The highest BCUT2D eigenvalue weighted by atomic mass is 16.6. The molecule has 0 aromatic heterocycles. The summed E-state index contributed by atoms with van der Waals surface area (Å²) in [6.45, 7) is 29.9. The van der Waals surface area contributed by atoms with Gasteiger partial charge in [0.05, 0.1) is 35.6 Å². The second-order valence-electron chi connectivity index (χ2n) is 18.2. The van der Waals surface area contributed by atoms with Gasteiger partial charge in [-0.25, -0.2) is 0 Å². The Morgan fingerprint density at radius 3 is 2.10 bits per heavy atom. The van der Waals surface area contributed by atoms with Gasteiger partial charge in [-0.15, -0.1) is 0 Å². The van der Waals surface area contributed by atoms with Crippen molar-refractivity contribution in [3.05, 3.63) is 57.8 Å². The summed E-state index contributed by atoms with van der Waals surface area (Å²) in [5.41, 5.74) is -0.00286. The highest BCUT2D eigenvalue weighted by Gasteiger charge is 2.40. The molecule has 12 heteroatoms. The lowest BCUT2D eigenvalue weighted by atomic mass is 9.80. The van der Waals surface area contributed by atoms with Crippen LogP contribution < -0.4 is 20.8 Å². The SMILES string of the molecule is CC.CC.COc1c(C)c(O)c2c(O)c3c4c(c2c1C(=O)C/C=C/C[C@@H](C)[C@@H](OC)[C@H](C)[C@H](OC(C)(C)O)[C@H](C)C[C@@H](C)/C=C/C=C(/C)C(=O)N3)=NC1(CCN(CC(C)C)CC1)N=4. The molecular weight excluding hydrogens is 797 g/mol. The molecule has 12 nitrogen and oxygen atoms in total. The molecule has 3 heterocycles. The van der Waals surface area contributed by atoms with Gasteiger partial charge in [-0.05, 0) is 64.2 Å². The lowest BCUT2D eigenvalue weighted by molar-refractivity contribution is -0.237. The second-order valence-corrected chi connectivity index (χ2v) is 18.2. The highest BCUT2D eigenvalue weighted by Crippen LogP contribution is 2.45. The van der Waals surface area contributed by atoms with Crippen molar-refractivity contribution in [1.82, 2.24) is 4.90 Å². The van der Waals surface area contributed by atoms with E-state index in [1.807, 2.05) is 52.0 Å². The number of nitrogens with zero attached hydrogens (tertiary/aromatic N) is 3. The molecule has 2 aromatic rings. The predicted octanol–water partition coefficient (Wildman–Crippen LogP) is 9.36. The molecule has 1 amide bonds. The van der Waals surface area contributed by atoms with Crippen LogP contribution in [0.25, 0.3) is 10.8 Å². The normalized spacial score (nSPS) is 26.6. The number of phenols is 2. The number of carbonyl (C=O) groups is 2. The van der Waals surface area contributed by atoms with Crippen molar-refractivity contribution in [1.29, 1.82) is 0 Å². The smallest absolute Gasteiger partial charge is 0.251 e. The minimum absolute atomic E-state index is 0.00637. The van der Waals surface area contributed by atoms with E-state index in [4.69, 9.17) is 24.2 Å². The van der Waals surface area contributed by atoms with Gasteiger partial charge in [0.1, 0.15) is 22.5 Å². The van der Waals surface area contributed by atoms with Crippen LogP contribution in [0.5, 0.6) is 17.2 Å². The summed E-state index contributed by atoms with van der Waals surface area (Å²) in [5.74, 6) is -2.01. The van der Waals surface area contributed by atoms with Crippen LogP contribution in [-0.4, -0.2) is 89.4 Å². The largest absolute Gasteiger partial charge is 0.507 e. The zero-order chi connectivity index (χ0) is 47.6. The maximum atomic E-state index is 14.5. The van der Waals surface area contributed by atoms with Crippen LogP contribution in [0.15, 0.2) is 45.9 Å². The van der Waals surface area contributed by atoms with Gasteiger partial charge in [-0.2, -0.15) is 0 Å². The first-order valence-electron chi connectivity index (χ1n) is 23.3. The number of piperidine rings is 1. The van der Waals surface area contributed by atoms with Crippen molar-refractivity contribution in [2.75, 3.05) is 39.2 Å². The van der Waals surface area contributed by atoms with E-state index in [1.54, 1.807) is 40.9 Å². The maximum absolute atomic E-state index is 14.5. The molecule has 0 radical (unpaired) electrons. The number of ether oxygens (including phenoxy) is 3. The summed E-state index contributed by atoms with van der Waals surface area (Å²) >= 11 is 0. The molecule has 3 aliphatic heterocycles. The molecule has 352 valence electrons. The van der Waals surface area contributed by atoms with Gasteiger partial charge in [0.25, 0.3) is 5.91 Å². The van der Waals surface area contributed by atoms with Crippen molar-refractivity contribution < 1.29 is 39.1 Å². The number of nitrogens with one attached hydrogen (secondary N) is 1. The Kier molecular flexibility index (Phi) is 19.6. The average Bonchev–Trinajstić information content (AvgIpc) is 3.60. The number of ketones is 1. The van der Waals surface area contributed by atoms with Crippen molar-refractivity contribution in [3.8, 4) is 17.2 Å². The number of aliphatic hydroxyl groups is 1. The monoisotopic (exact) mass is 877 g/mol. The third-order valence-electron chi connectivity index (χ3n) is 12.2. The van der Waals surface area contributed by atoms with E-state index in [0.717, 1.165) is 26.1 Å². The Morgan fingerprint density at radius 1 is 0.905 bits per heavy atom. The molecule has 1 spiro atoms.